The first kappa shape index (κ1) is 21.0. The minimum absolute atomic E-state index is 0.292. The van der Waals surface area contributed by atoms with Gasteiger partial charge in [-0.3, -0.25) is 9.69 Å². The van der Waals surface area contributed by atoms with Gasteiger partial charge in [0.05, 0.1) is 12.7 Å². The third-order valence-electron chi connectivity index (χ3n) is 2.59. The van der Waals surface area contributed by atoms with Gasteiger partial charge >= 0.3 is 18.0 Å². The summed E-state index contributed by atoms with van der Waals surface area (Å²) >= 11 is 1.13. The zero-order valence-electron chi connectivity index (χ0n) is 15.7. The van der Waals surface area contributed by atoms with Crippen molar-refractivity contribution < 1.29 is 28.6 Å². The monoisotopic (exact) mass is 371 g/mol. The predicted octanol–water partition coefficient (Wildman–Crippen LogP) is 3.62. The van der Waals surface area contributed by atoms with Crippen molar-refractivity contribution in [3.63, 3.8) is 0 Å². The van der Waals surface area contributed by atoms with E-state index in [2.05, 4.69) is 4.74 Å². The molecule has 0 atom stereocenters. The molecule has 0 fully saturated rings. The highest BCUT2D eigenvalue weighted by atomic mass is 32.1. The van der Waals surface area contributed by atoms with Crippen molar-refractivity contribution in [1.29, 1.82) is 0 Å². The van der Waals surface area contributed by atoms with Crippen LogP contribution in [-0.4, -0.2) is 42.9 Å². The summed E-state index contributed by atoms with van der Waals surface area (Å²) in [4.78, 5) is 37.4. The topological polar surface area (TPSA) is 82.1 Å². The number of hydrogen-bond donors (Lipinski definition) is 0. The minimum Gasteiger partial charge on any atom is -0.465 e. The Morgan fingerprint density at radius 3 is 2.08 bits per heavy atom. The highest BCUT2D eigenvalue weighted by Gasteiger charge is 2.29. The van der Waals surface area contributed by atoms with Gasteiger partial charge in [0.1, 0.15) is 22.7 Å². The van der Waals surface area contributed by atoms with Crippen molar-refractivity contribution in [3.8, 4) is 0 Å². The largest absolute Gasteiger partial charge is 0.465 e. The number of hydrogen-bond acceptors (Lipinski definition) is 7. The highest BCUT2D eigenvalue weighted by molar-refractivity contribution is 7.14. The average Bonchev–Trinajstić information content (AvgIpc) is 2.89. The average molecular weight is 371 g/mol. The van der Waals surface area contributed by atoms with Gasteiger partial charge in [0, 0.05) is 5.38 Å². The molecule has 1 aromatic rings. The van der Waals surface area contributed by atoms with Crippen molar-refractivity contribution in [2.75, 3.05) is 18.6 Å². The van der Waals surface area contributed by atoms with Crippen molar-refractivity contribution in [3.05, 3.63) is 17.0 Å². The number of nitrogens with zero attached hydrogens (tertiary/aromatic N) is 1. The number of esters is 2. The molecule has 0 radical (unpaired) electrons. The molecule has 0 aliphatic rings. The van der Waals surface area contributed by atoms with E-state index in [0.717, 1.165) is 16.2 Å². The summed E-state index contributed by atoms with van der Waals surface area (Å²) < 4.78 is 15.3. The van der Waals surface area contributed by atoms with Gasteiger partial charge in [-0.05, 0) is 47.6 Å². The molecule has 0 unspecified atom stereocenters. The van der Waals surface area contributed by atoms with Crippen molar-refractivity contribution >= 4 is 34.4 Å². The van der Waals surface area contributed by atoms with Crippen LogP contribution in [0.4, 0.5) is 9.80 Å². The quantitative estimate of drug-likeness (QED) is 0.594. The fraction of sp³-hybridized carbons (Fsp3) is 0.588. The van der Waals surface area contributed by atoms with E-state index >= 15 is 0 Å². The number of amides is 1. The first-order chi connectivity index (χ1) is 11.3. The molecule has 0 aromatic carbocycles. The Bertz CT molecular complexity index is 638. The van der Waals surface area contributed by atoms with Gasteiger partial charge in [0.15, 0.2) is 0 Å². The third kappa shape index (κ3) is 7.13. The van der Waals surface area contributed by atoms with E-state index in [9.17, 15) is 14.4 Å². The summed E-state index contributed by atoms with van der Waals surface area (Å²) in [6.45, 7) is 10.1. The van der Waals surface area contributed by atoms with Crippen LogP contribution in [-0.2, 0) is 19.0 Å². The van der Waals surface area contributed by atoms with Crippen LogP contribution in [0.1, 0.15) is 51.9 Å². The lowest BCUT2D eigenvalue weighted by atomic mass is 10.2. The Hall–Kier alpha value is -2.09. The molecule has 0 aliphatic heterocycles. The predicted molar refractivity (Wildman–Crippen MR) is 95.1 cm³/mol. The molecule has 140 valence electrons. The van der Waals surface area contributed by atoms with E-state index in [0.29, 0.717) is 10.6 Å². The fourth-order valence-corrected chi connectivity index (χ4v) is 2.62. The van der Waals surface area contributed by atoms with Crippen molar-refractivity contribution in [2.24, 2.45) is 0 Å². The molecular weight excluding hydrogens is 346 g/mol. The second kappa shape index (κ2) is 7.86. The lowest BCUT2D eigenvalue weighted by Gasteiger charge is -2.27. The molecule has 1 amide bonds. The molecular formula is C17H25NO6S. The molecule has 8 heteroatoms. The molecule has 1 rings (SSSR count). The number of rotatable bonds is 4. The summed E-state index contributed by atoms with van der Waals surface area (Å²) in [5, 5.41) is 1.94. The molecule has 0 N–H and O–H groups in total. The Kier molecular flexibility index (Phi) is 6.59. The number of methoxy groups -OCH3 is 1. The number of anilines is 1. The highest BCUT2D eigenvalue weighted by Crippen LogP contribution is 2.27. The summed E-state index contributed by atoms with van der Waals surface area (Å²) in [5.74, 6) is -1.10. The second-order valence-electron chi connectivity index (χ2n) is 7.32. The number of carbonyl (C=O) groups is 3. The van der Waals surface area contributed by atoms with E-state index in [1.54, 1.807) is 46.9 Å². The second-order valence-corrected chi connectivity index (χ2v) is 8.21. The Labute approximate surface area is 151 Å². The maximum absolute atomic E-state index is 12.5. The van der Waals surface area contributed by atoms with Crippen LogP contribution in [0.15, 0.2) is 11.4 Å². The van der Waals surface area contributed by atoms with Crippen LogP contribution < -0.4 is 4.90 Å². The van der Waals surface area contributed by atoms with E-state index in [4.69, 9.17) is 9.47 Å². The number of ether oxygens (including phenoxy) is 3. The normalized spacial score (nSPS) is 11.6. The fourth-order valence-electron chi connectivity index (χ4n) is 1.74. The first-order valence-corrected chi connectivity index (χ1v) is 8.59. The van der Waals surface area contributed by atoms with E-state index in [1.807, 2.05) is 0 Å². The third-order valence-corrected chi connectivity index (χ3v) is 3.55. The first-order valence-electron chi connectivity index (χ1n) is 7.71. The molecule has 0 aliphatic carbocycles. The molecule has 0 saturated heterocycles. The lowest BCUT2D eigenvalue weighted by Crippen LogP contribution is -2.41. The standard InChI is InChI=1S/C17H25NO6S/c1-16(2,3)23-13(19)9-18(15(21)24-17(4,5)6)12-8-11(10-25-12)14(20)22-7/h8,10H,9H2,1-7H3. The zero-order valence-corrected chi connectivity index (χ0v) is 16.5. The Morgan fingerprint density at radius 1 is 1.04 bits per heavy atom. The van der Waals surface area contributed by atoms with Gasteiger partial charge in [-0.15, -0.1) is 11.3 Å². The van der Waals surface area contributed by atoms with Crippen LogP contribution >= 0.6 is 11.3 Å². The van der Waals surface area contributed by atoms with E-state index in [-0.39, 0.29) is 6.54 Å². The van der Waals surface area contributed by atoms with E-state index in [1.165, 1.54) is 13.2 Å². The van der Waals surface area contributed by atoms with Crippen LogP contribution in [0.3, 0.4) is 0 Å². The van der Waals surface area contributed by atoms with Crippen molar-refractivity contribution in [2.45, 2.75) is 52.7 Å². The minimum atomic E-state index is -0.730. The molecule has 7 nitrogen and oxygen atoms in total. The summed E-state index contributed by atoms with van der Waals surface area (Å²) in [6.07, 6.45) is -0.698. The van der Waals surface area contributed by atoms with Crippen LogP contribution in [0.25, 0.3) is 0 Å². The molecule has 1 aromatic heterocycles. The molecule has 0 saturated carbocycles. The van der Waals surface area contributed by atoms with E-state index < -0.39 is 29.2 Å². The molecule has 0 bridgehead atoms. The SMILES string of the molecule is COC(=O)c1csc(N(CC(=O)OC(C)(C)C)C(=O)OC(C)(C)C)c1. The van der Waals surface area contributed by atoms with Crippen molar-refractivity contribution in [1.82, 2.24) is 0 Å². The number of thiophene rings is 1. The van der Waals surface area contributed by atoms with Crippen LogP contribution in [0.5, 0.6) is 0 Å². The summed E-state index contributed by atoms with van der Waals surface area (Å²) in [5.41, 5.74) is -1.12. The maximum atomic E-state index is 12.5. The molecule has 0 spiro atoms. The zero-order chi connectivity index (χ0) is 19.4. The van der Waals surface area contributed by atoms with Gasteiger partial charge in [-0.2, -0.15) is 0 Å². The summed E-state index contributed by atoms with van der Waals surface area (Å²) in [6, 6.07) is 1.48. The van der Waals surface area contributed by atoms with Gasteiger partial charge in [0.2, 0.25) is 0 Å². The van der Waals surface area contributed by atoms with Gasteiger partial charge in [0.25, 0.3) is 0 Å². The smallest absolute Gasteiger partial charge is 0.415 e. The Morgan fingerprint density at radius 2 is 1.60 bits per heavy atom. The maximum Gasteiger partial charge on any atom is 0.415 e. The van der Waals surface area contributed by atoms with Gasteiger partial charge in [-0.1, -0.05) is 0 Å². The Balaban J connectivity index is 3.06. The van der Waals surface area contributed by atoms with Crippen LogP contribution in [0, 0.1) is 0 Å². The van der Waals surface area contributed by atoms with Crippen LogP contribution in [0.2, 0.25) is 0 Å². The number of carbonyl (C=O) groups excluding carboxylic acids is 3. The van der Waals surface area contributed by atoms with Gasteiger partial charge in [-0.25, -0.2) is 9.59 Å². The lowest BCUT2D eigenvalue weighted by molar-refractivity contribution is -0.153. The van der Waals surface area contributed by atoms with Gasteiger partial charge < -0.3 is 14.2 Å². The molecule has 25 heavy (non-hydrogen) atoms. The summed E-state index contributed by atoms with van der Waals surface area (Å²) in [7, 11) is 1.27. The molecule has 1 heterocycles.